The summed E-state index contributed by atoms with van der Waals surface area (Å²) in [4.78, 5) is 20.4. The van der Waals surface area contributed by atoms with Crippen LogP contribution in [0.4, 0.5) is 26.0 Å². The van der Waals surface area contributed by atoms with E-state index < -0.39 is 17.5 Å². The number of aromatic hydroxyl groups is 1. The first-order valence-corrected chi connectivity index (χ1v) is 8.46. The summed E-state index contributed by atoms with van der Waals surface area (Å²) in [5.41, 5.74) is 0.880. The topological polar surface area (TPSA) is 105 Å². The fourth-order valence-corrected chi connectivity index (χ4v) is 2.73. The Morgan fingerprint density at radius 1 is 1.17 bits per heavy atom. The maximum Gasteiger partial charge on any atom is 0.246 e. The van der Waals surface area contributed by atoms with Crippen molar-refractivity contribution in [2.24, 2.45) is 0 Å². The summed E-state index contributed by atoms with van der Waals surface area (Å²) in [5, 5.41) is 19.7. The van der Waals surface area contributed by atoms with E-state index in [9.17, 15) is 18.7 Å². The van der Waals surface area contributed by atoms with E-state index >= 15 is 0 Å². The predicted molar refractivity (Wildman–Crippen MR) is 102 cm³/mol. The summed E-state index contributed by atoms with van der Waals surface area (Å²) in [6.45, 7) is -0.198. The number of halogens is 2. The molecule has 29 heavy (non-hydrogen) atoms. The molecule has 2 aromatic carbocycles. The number of carbonyl (C=O) groups is 1. The fourth-order valence-electron chi connectivity index (χ4n) is 2.73. The van der Waals surface area contributed by atoms with Gasteiger partial charge in [0.15, 0.2) is 11.6 Å². The number of hydrogen-bond donors (Lipinski definition) is 3. The molecule has 0 radical (unpaired) electrons. The Morgan fingerprint density at radius 3 is 2.90 bits per heavy atom. The molecule has 4 rings (SSSR count). The second-order valence-corrected chi connectivity index (χ2v) is 6.12. The molecular weight excluding hydrogens is 382 g/mol. The molecule has 0 saturated heterocycles. The number of benzene rings is 2. The molecule has 146 valence electrons. The number of aromatic nitrogens is 4. The van der Waals surface area contributed by atoms with Gasteiger partial charge in [0.2, 0.25) is 5.91 Å². The van der Waals surface area contributed by atoms with Crippen molar-refractivity contribution < 1.29 is 18.7 Å². The van der Waals surface area contributed by atoms with E-state index in [0.717, 1.165) is 6.07 Å². The first-order valence-electron chi connectivity index (χ1n) is 8.46. The van der Waals surface area contributed by atoms with Crippen molar-refractivity contribution in [3.8, 4) is 5.75 Å². The molecule has 0 unspecified atom stereocenters. The van der Waals surface area contributed by atoms with Gasteiger partial charge in [-0.2, -0.15) is 5.10 Å². The Kier molecular flexibility index (Phi) is 4.73. The van der Waals surface area contributed by atoms with Gasteiger partial charge < -0.3 is 15.7 Å². The molecule has 2 aromatic heterocycles. The van der Waals surface area contributed by atoms with Gasteiger partial charge >= 0.3 is 0 Å². The number of nitrogens with zero attached hydrogens (tertiary/aromatic N) is 4. The van der Waals surface area contributed by atoms with Crippen LogP contribution in [0.25, 0.3) is 10.9 Å². The predicted octanol–water partition coefficient (Wildman–Crippen LogP) is 3.19. The average Bonchev–Trinajstić information content (AvgIpc) is 3.12. The van der Waals surface area contributed by atoms with Gasteiger partial charge in [-0.25, -0.2) is 18.7 Å². The molecule has 8 nitrogen and oxygen atoms in total. The van der Waals surface area contributed by atoms with Crippen LogP contribution in [0, 0.1) is 11.6 Å². The normalized spacial score (nSPS) is 10.8. The highest BCUT2D eigenvalue weighted by molar-refractivity contribution is 5.92. The lowest BCUT2D eigenvalue weighted by atomic mass is 10.2. The maximum absolute atomic E-state index is 13.6. The number of nitrogens with one attached hydrogen (secondary N) is 2. The van der Waals surface area contributed by atoms with Crippen LogP contribution in [0.3, 0.4) is 0 Å². The van der Waals surface area contributed by atoms with Crippen molar-refractivity contribution >= 4 is 34.0 Å². The van der Waals surface area contributed by atoms with E-state index in [-0.39, 0.29) is 18.0 Å². The zero-order valence-corrected chi connectivity index (χ0v) is 14.8. The molecule has 10 heteroatoms. The number of anilines is 3. The minimum atomic E-state index is -1.12. The number of carbonyl (C=O) groups excluding carboxylic acids is 1. The van der Waals surface area contributed by atoms with Crippen LogP contribution in [-0.4, -0.2) is 30.8 Å². The highest BCUT2D eigenvalue weighted by Crippen LogP contribution is 2.25. The van der Waals surface area contributed by atoms with Crippen molar-refractivity contribution in [2.75, 3.05) is 10.6 Å². The summed E-state index contributed by atoms with van der Waals surface area (Å²) in [7, 11) is 0. The zero-order chi connectivity index (χ0) is 20.4. The number of rotatable bonds is 5. The maximum atomic E-state index is 13.6. The Balaban J connectivity index is 1.46. The molecule has 1 amide bonds. The van der Waals surface area contributed by atoms with Gasteiger partial charge in [0.05, 0.1) is 23.1 Å². The first kappa shape index (κ1) is 18.3. The van der Waals surface area contributed by atoms with Crippen molar-refractivity contribution in [3.63, 3.8) is 0 Å². The van der Waals surface area contributed by atoms with Gasteiger partial charge in [-0.3, -0.25) is 9.48 Å². The third kappa shape index (κ3) is 3.95. The minimum Gasteiger partial charge on any atom is -0.508 e. The largest absolute Gasteiger partial charge is 0.508 e. The standard InChI is InChI=1S/C19H14F2N6O2/c20-14-2-1-3-15(18(14)21)26-17(29)9-27-8-11(7-24-27)25-19-13-5-4-12(28)6-16(13)22-10-23-19/h1-8,10,28H,9H2,(H,26,29)(H,22,23,25). The second kappa shape index (κ2) is 7.50. The van der Waals surface area contributed by atoms with Gasteiger partial charge in [-0.1, -0.05) is 6.07 Å². The van der Waals surface area contributed by atoms with Crippen LogP contribution in [0.15, 0.2) is 55.1 Å². The molecule has 0 fully saturated rings. The van der Waals surface area contributed by atoms with E-state index in [4.69, 9.17) is 0 Å². The van der Waals surface area contributed by atoms with Crippen LogP contribution in [0.5, 0.6) is 5.75 Å². The molecule has 4 aromatic rings. The Bertz CT molecular complexity index is 1210. The van der Waals surface area contributed by atoms with Gasteiger partial charge in [0.1, 0.15) is 24.4 Å². The number of hydrogen-bond acceptors (Lipinski definition) is 6. The average molecular weight is 396 g/mol. The molecular formula is C19H14F2N6O2. The van der Waals surface area contributed by atoms with Crippen LogP contribution >= 0.6 is 0 Å². The van der Waals surface area contributed by atoms with Crippen molar-refractivity contribution in [1.82, 2.24) is 19.7 Å². The fraction of sp³-hybridized carbons (Fsp3) is 0.0526. The lowest BCUT2D eigenvalue weighted by Gasteiger charge is -2.07. The quantitative estimate of drug-likeness (QED) is 0.479. The lowest BCUT2D eigenvalue weighted by Crippen LogP contribution is -2.19. The minimum absolute atomic E-state index is 0.0933. The summed E-state index contributed by atoms with van der Waals surface area (Å²) in [6.07, 6.45) is 4.41. The number of amides is 1. The number of phenolic OH excluding ortho intramolecular Hbond substituents is 1. The third-order valence-electron chi connectivity index (χ3n) is 4.05. The van der Waals surface area contributed by atoms with E-state index in [2.05, 4.69) is 25.7 Å². The number of phenols is 1. The molecule has 0 saturated carbocycles. The van der Waals surface area contributed by atoms with Crippen LogP contribution in [0.1, 0.15) is 0 Å². The van der Waals surface area contributed by atoms with E-state index in [0.29, 0.717) is 22.4 Å². The summed E-state index contributed by atoms with van der Waals surface area (Å²) in [5.74, 6) is -2.13. The van der Waals surface area contributed by atoms with E-state index in [1.165, 1.54) is 41.5 Å². The third-order valence-corrected chi connectivity index (χ3v) is 4.05. The monoisotopic (exact) mass is 396 g/mol. The molecule has 0 aliphatic carbocycles. The van der Waals surface area contributed by atoms with Gasteiger partial charge in [-0.05, 0) is 24.3 Å². The molecule has 2 heterocycles. The van der Waals surface area contributed by atoms with Crippen molar-refractivity contribution in [3.05, 3.63) is 66.8 Å². The molecule has 0 atom stereocenters. The van der Waals surface area contributed by atoms with Crippen molar-refractivity contribution in [2.45, 2.75) is 6.54 Å². The van der Waals surface area contributed by atoms with E-state index in [1.807, 2.05) is 0 Å². The van der Waals surface area contributed by atoms with Gasteiger partial charge in [0, 0.05) is 17.6 Å². The molecule has 0 aliphatic rings. The Hall–Kier alpha value is -4.08. The summed E-state index contributed by atoms with van der Waals surface area (Å²) < 4.78 is 28.2. The summed E-state index contributed by atoms with van der Waals surface area (Å²) >= 11 is 0. The molecule has 3 N–H and O–H groups in total. The molecule has 0 bridgehead atoms. The second-order valence-electron chi connectivity index (χ2n) is 6.12. The smallest absolute Gasteiger partial charge is 0.246 e. The van der Waals surface area contributed by atoms with Crippen molar-refractivity contribution in [1.29, 1.82) is 0 Å². The van der Waals surface area contributed by atoms with Gasteiger partial charge in [0.25, 0.3) is 0 Å². The van der Waals surface area contributed by atoms with Crippen LogP contribution < -0.4 is 10.6 Å². The van der Waals surface area contributed by atoms with Crippen LogP contribution in [-0.2, 0) is 11.3 Å². The Labute approximate surface area is 162 Å². The first-order chi connectivity index (χ1) is 14.0. The lowest BCUT2D eigenvalue weighted by molar-refractivity contribution is -0.116. The van der Waals surface area contributed by atoms with E-state index in [1.54, 1.807) is 12.3 Å². The zero-order valence-electron chi connectivity index (χ0n) is 14.8. The molecule has 0 spiro atoms. The van der Waals surface area contributed by atoms with Crippen LogP contribution in [0.2, 0.25) is 0 Å². The van der Waals surface area contributed by atoms with Gasteiger partial charge in [-0.15, -0.1) is 0 Å². The summed E-state index contributed by atoms with van der Waals surface area (Å²) in [6, 6.07) is 8.25. The number of fused-ring (bicyclic) bond motifs is 1. The highest BCUT2D eigenvalue weighted by Gasteiger charge is 2.12. The molecule has 0 aliphatic heterocycles. The SMILES string of the molecule is O=C(Cn1cc(Nc2ncnc3cc(O)ccc23)cn1)Nc1cccc(F)c1F. The Morgan fingerprint density at radius 2 is 2.03 bits per heavy atom. The highest BCUT2D eigenvalue weighted by atomic mass is 19.2.